The first kappa shape index (κ1) is 23.6. The topological polar surface area (TPSA) is 67.8 Å². The SMILES string of the molecule is O=C(Nc1cc(C(F)(F)F)ccc1OCCOc1ccc(Cl)cc1)c1cc(Cl)ccc1O. The largest absolute Gasteiger partial charge is 0.507 e. The van der Waals surface area contributed by atoms with Crippen molar-refractivity contribution in [3.8, 4) is 17.2 Å². The zero-order valence-electron chi connectivity index (χ0n) is 16.2. The van der Waals surface area contributed by atoms with Crippen molar-refractivity contribution >= 4 is 34.8 Å². The van der Waals surface area contributed by atoms with Crippen molar-refractivity contribution in [3.63, 3.8) is 0 Å². The highest BCUT2D eigenvalue weighted by Crippen LogP contribution is 2.35. The normalized spacial score (nSPS) is 11.2. The number of anilines is 1. The fraction of sp³-hybridized carbons (Fsp3) is 0.136. The average Bonchev–Trinajstić information content (AvgIpc) is 2.74. The maximum absolute atomic E-state index is 13.2. The number of phenolic OH excluding ortho intramolecular Hbond substituents is 1. The number of halogens is 5. The number of nitrogens with one attached hydrogen (secondary N) is 1. The third kappa shape index (κ3) is 6.21. The molecule has 10 heteroatoms. The maximum atomic E-state index is 13.2. The van der Waals surface area contributed by atoms with Crippen LogP contribution in [0.5, 0.6) is 17.2 Å². The zero-order valence-corrected chi connectivity index (χ0v) is 17.8. The summed E-state index contributed by atoms with van der Waals surface area (Å²) in [4.78, 5) is 12.5. The molecule has 0 bridgehead atoms. The van der Waals surface area contributed by atoms with Crippen LogP contribution in [0.3, 0.4) is 0 Å². The van der Waals surface area contributed by atoms with Gasteiger partial charge in [-0.2, -0.15) is 13.2 Å². The van der Waals surface area contributed by atoms with Crippen molar-refractivity contribution in [2.24, 2.45) is 0 Å². The number of benzene rings is 3. The fourth-order valence-electron chi connectivity index (χ4n) is 2.65. The van der Waals surface area contributed by atoms with E-state index in [1.165, 1.54) is 18.2 Å². The molecule has 0 aliphatic rings. The predicted octanol–water partition coefficient (Wildman–Crippen LogP) is 6.43. The molecular formula is C22H16Cl2F3NO4. The Morgan fingerprint density at radius 3 is 2.25 bits per heavy atom. The molecule has 168 valence electrons. The lowest BCUT2D eigenvalue weighted by Gasteiger charge is -2.16. The Bertz CT molecular complexity index is 1110. The predicted molar refractivity (Wildman–Crippen MR) is 115 cm³/mol. The first-order chi connectivity index (χ1) is 15.1. The van der Waals surface area contributed by atoms with Crippen LogP contribution in [-0.4, -0.2) is 24.2 Å². The highest BCUT2D eigenvalue weighted by Gasteiger charge is 2.31. The third-order valence-corrected chi connectivity index (χ3v) is 4.67. The molecule has 0 saturated carbocycles. The number of ether oxygens (including phenoxy) is 2. The van der Waals surface area contributed by atoms with Crippen LogP contribution in [-0.2, 0) is 6.18 Å². The van der Waals surface area contributed by atoms with Gasteiger partial charge in [-0.3, -0.25) is 4.79 Å². The number of hydrogen-bond acceptors (Lipinski definition) is 4. The quantitative estimate of drug-likeness (QED) is 0.378. The summed E-state index contributed by atoms with van der Waals surface area (Å²) in [6, 6.07) is 13.0. The zero-order chi connectivity index (χ0) is 23.3. The van der Waals surface area contributed by atoms with Crippen LogP contribution in [0.15, 0.2) is 60.7 Å². The number of aromatic hydroxyl groups is 1. The van der Waals surface area contributed by atoms with Gasteiger partial charge in [0.25, 0.3) is 5.91 Å². The molecule has 2 N–H and O–H groups in total. The van der Waals surface area contributed by atoms with Crippen LogP contribution in [0, 0.1) is 0 Å². The van der Waals surface area contributed by atoms with Gasteiger partial charge in [0.05, 0.1) is 16.8 Å². The van der Waals surface area contributed by atoms with E-state index in [1.807, 2.05) is 0 Å². The Labute approximate surface area is 191 Å². The molecule has 0 heterocycles. The van der Waals surface area contributed by atoms with Crippen molar-refractivity contribution in [2.75, 3.05) is 18.5 Å². The number of carbonyl (C=O) groups excluding carboxylic acids is 1. The van der Waals surface area contributed by atoms with Gasteiger partial charge >= 0.3 is 6.18 Å². The summed E-state index contributed by atoms with van der Waals surface area (Å²) >= 11 is 11.6. The minimum Gasteiger partial charge on any atom is -0.507 e. The monoisotopic (exact) mass is 485 g/mol. The van der Waals surface area contributed by atoms with Gasteiger partial charge in [-0.15, -0.1) is 0 Å². The molecule has 0 radical (unpaired) electrons. The highest BCUT2D eigenvalue weighted by molar-refractivity contribution is 6.31. The van der Waals surface area contributed by atoms with Crippen LogP contribution in [0.25, 0.3) is 0 Å². The number of carbonyl (C=O) groups is 1. The summed E-state index contributed by atoms with van der Waals surface area (Å²) in [6.07, 6.45) is -4.63. The van der Waals surface area contributed by atoms with Gasteiger partial charge in [-0.1, -0.05) is 23.2 Å². The maximum Gasteiger partial charge on any atom is 0.416 e. The van der Waals surface area contributed by atoms with Crippen molar-refractivity contribution < 1.29 is 32.5 Å². The summed E-state index contributed by atoms with van der Waals surface area (Å²) in [6.45, 7) is 0.0738. The van der Waals surface area contributed by atoms with Gasteiger partial charge in [0, 0.05) is 10.0 Å². The lowest BCUT2D eigenvalue weighted by Crippen LogP contribution is -2.16. The summed E-state index contributed by atoms with van der Waals surface area (Å²) in [5.74, 6) is -0.702. The van der Waals surface area contributed by atoms with E-state index in [0.29, 0.717) is 10.8 Å². The molecule has 5 nitrogen and oxygen atoms in total. The van der Waals surface area contributed by atoms with Gasteiger partial charge < -0.3 is 19.9 Å². The van der Waals surface area contributed by atoms with Crippen molar-refractivity contribution in [2.45, 2.75) is 6.18 Å². The van der Waals surface area contributed by atoms with E-state index >= 15 is 0 Å². The molecule has 0 aliphatic heterocycles. The second-order valence-electron chi connectivity index (χ2n) is 6.48. The number of hydrogen-bond donors (Lipinski definition) is 2. The molecule has 32 heavy (non-hydrogen) atoms. The molecule has 0 spiro atoms. The molecule has 3 aromatic carbocycles. The van der Waals surface area contributed by atoms with Crippen molar-refractivity contribution in [3.05, 3.63) is 81.8 Å². The van der Waals surface area contributed by atoms with Gasteiger partial charge in [0.2, 0.25) is 0 Å². The second kappa shape index (κ2) is 10.0. The van der Waals surface area contributed by atoms with E-state index in [2.05, 4.69) is 5.32 Å². The summed E-state index contributed by atoms with van der Waals surface area (Å²) in [7, 11) is 0. The first-order valence-electron chi connectivity index (χ1n) is 9.16. The minimum absolute atomic E-state index is 0.00688. The van der Waals surface area contributed by atoms with Crippen LogP contribution in [0.4, 0.5) is 18.9 Å². The van der Waals surface area contributed by atoms with Crippen LogP contribution in [0.2, 0.25) is 10.0 Å². The Kier molecular flexibility index (Phi) is 7.37. The van der Waals surface area contributed by atoms with E-state index < -0.39 is 17.6 Å². The molecule has 0 aliphatic carbocycles. The van der Waals surface area contributed by atoms with Gasteiger partial charge in [0.1, 0.15) is 30.5 Å². The standard InChI is InChI=1S/C22H16Cl2F3NO4/c23-14-2-5-16(6-3-14)31-9-10-32-20-8-1-13(22(25,26)27)11-18(20)28-21(30)17-12-15(24)4-7-19(17)29/h1-8,11-12,29H,9-10H2,(H,28,30). The van der Waals surface area contributed by atoms with E-state index in [0.717, 1.165) is 18.2 Å². The second-order valence-corrected chi connectivity index (χ2v) is 7.35. The number of phenols is 1. The third-order valence-electron chi connectivity index (χ3n) is 4.18. The Morgan fingerprint density at radius 2 is 1.56 bits per heavy atom. The van der Waals surface area contributed by atoms with E-state index in [1.54, 1.807) is 24.3 Å². The summed E-state index contributed by atoms with van der Waals surface area (Å²) < 4.78 is 50.5. The van der Waals surface area contributed by atoms with E-state index in [4.69, 9.17) is 32.7 Å². The fourth-order valence-corrected chi connectivity index (χ4v) is 2.95. The minimum atomic E-state index is -4.63. The highest BCUT2D eigenvalue weighted by atomic mass is 35.5. The lowest BCUT2D eigenvalue weighted by atomic mass is 10.1. The van der Waals surface area contributed by atoms with Crippen molar-refractivity contribution in [1.82, 2.24) is 0 Å². The molecule has 1 amide bonds. The number of amides is 1. The Hall–Kier alpha value is -3.10. The van der Waals surface area contributed by atoms with E-state index in [9.17, 15) is 23.1 Å². The number of rotatable bonds is 7. The van der Waals surface area contributed by atoms with Crippen LogP contribution in [0.1, 0.15) is 15.9 Å². The Balaban J connectivity index is 1.75. The van der Waals surface area contributed by atoms with Gasteiger partial charge in [0.15, 0.2) is 0 Å². The lowest BCUT2D eigenvalue weighted by molar-refractivity contribution is -0.137. The first-order valence-corrected chi connectivity index (χ1v) is 9.91. The van der Waals surface area contributed by atoms with Gasteiger partial charge in [-0.25, -0.2) is 0 Å². The number of alkyl halides is 3. The molecular weight excluding hydrogens is 470 g/mol. The molecule has 0 saturated heterocycles. The van der Waals surface area contributed by atoms with Crippen LogP contribution < -0.4 is 14.8 Å². The Morgan fingerprint density at radius 1 is 0.906 bits per heavy atom. The molecule has 0 fully saturated rings. The van der Waals surface area contributed by atoms with Gasteiger partial charge in [-0.05, 0) is 60.7 Å². The smallest absolute Gasteiger partial charge is 0.416 e. The van der Waals surface area contributed by atoms with E-state index in [-0.39, 0.29) is 41.0 Å². The molecule has 3 rings (SSSR count). The molecule has 0 atom stereocenters. The van der Waals surface area contributed by atoms with Crippen molar-refractivity contribution in [1.29, 1.82) is 0 Å². The summed E-state index contributed by atoms with van der Waals surface area (Å²) in [5, 5.41) is 12.9. The molecule has 3 aromatic rings. The molecule has 0 unspecified atom stereocenters. The average molecular weight is 486 g/mol. The van der Waals surface area contributed by atoms with Crippen LogP contribution >= 0.6 is 23.2 Å². The molecule has 0 aromatic heterocycles. The summed E-state index contributed by atoms with van der Waals surface area (Å²) in [5.41, 5.74) is -1.41.